The maximum atomic E-state index is 12.0. The monoisotopic (exact) mass is 315 g/mol. The van der Waals surface area contributed by atoms with Gasteiger partial charge in [-0.25, -0.2) is 0 Å². The molecule has 0 N–H and O–H groups in total. The smallest absolute Gasteiger partial charge is 0.248 e. The van der Waals surface area contributed by atoms with E-state index in [0.29, 0.717) is 19.7 Å². The zero-order chi connectivity index (χ0) is 16.2. The highest BCUT2D eigenvalue weighted by molar-refractivity contribution is 5.84. The van der Waals surface area contributed by atoms with Gasteiger partial charge in [0, 0.05) is 13.7 Å². The number of amides is 1. The van der Waals surface area contributed by atoms with Crippen molar-refractivity contribution in [3.8, 4) is 5.75 Å². The fourth-order valence-corrected chi connectivity index (χ4v) is 2.86. The molecule has 1 heterocycles. The highest BCUT2D eigenvalue weighted by atomic mass is 16.5. The molecule has 0 radical (unpaired) electrons. The SMILES string of the molecule is COCC(=O)N1CCOC(c2ccc3cc(OC)ccc3c2)C1. The number of carbonyl (C=O) groups is 1. The predicted molar refractivity (Wildman–Crippen MR) is 87.6 cm³/mol. The summed E-state index contributed by atoms with van der Waals surface area (Å²) < 4.78 is 16.0. The van der Waals surface area contributed by atoms with E-state index in [0.717, 1.165) is 22.1 Å². The topological polar surface area (TPSA) is 48.0 Å². The molecule has 5 nitrogen and oxygen atoms in total. The summed E-state index contributed by atoms with van der Waals surface area (Å²) >= 11 is 0. The number of hydrogen-bond donors (Lipinski definition) is 0. The molecular weight excluding hydrogens is 294 g/mol. The minimum Gasteiger partial charge on any atom is -0.497 e. The molecule has 1 unspecified atom stereocenters. The maximum absolute atomic E-state index is 12.0. The second-order valence-electron chi connectivity index (χ2n) is 5.60. The van der Waals surface area contributed by atoms with Gasteiger partial charge < -0.3 is 19.1 Å². The van der Waals surface area contributed by atoms with Crippen LogP contribution in [-0.4, -0.2) is 51.3 Å². The third-order valence-corrected chi connectivity index (χ3v) is 4.13. The fourth-order valence-electron chi connectivity index (χ4n) is 2.86. The minimum absolute atomic E-state index is 0.00586. The van der Waals surface area contributed by atoms with E-state index in [9.17, 15) is 4.79 Å². The zero-order valence-electron chi connectivity index (χ0n) is 13.5. The molecule has 23 heavy (non-hydrogen) atoms. The van der Waals surface area contributed by atoms with Crippen LogP contribution in [0.4, 0.5) is 0 Å². The van der Waals surface area contributed by atoms with E-state index in [1.54, 1.807) is 12.0 Å². The van der Waals surface area contributed by atoms with Crippen molar-refractivity contribution >= 4 is 16.7 Å². The Balaban J connectivity index is 1.80. The Kier molecular flexibility index (Phi) is 4.79. The highest BCUT2D eigenvalue weighted by Crippen LogP contribution is 2.27. The molecule has 3 rings (SSSR count). The molecule has 0 saturated carbocycles. The van der Waals surface area contributed by atoms with E-state index in [4.69, 9.17) is 14.2 Å². The lowest BCUT2D eigenvalue weighted by Gasteiger charge is -2.33. The van der Waals surface area contributed by atoms with Crippen LogP contribution in [0.2, 0.25) is 0 Å². The standard InChI is InChI=1S/C18H21NO4/c1-21-12-18(20)19-7-8-23-17(11-19)15-4-3-14-10-16(22-2)6-5-13(14)9-15/h3-6,9-10,17H,7-8,11-12H2,1-2H3. The van der Waals surface area contributed by atoms with Crippen molar-refractivity contribution in [1.29, 1.82) is 0 Å². The summed E-state index contributed by atoms with van der Waals surface area (Å²) in [6.45, 7) is 1.83. The van der Waals surface area contributed by atoms with Gasteiger partial charge in [0.1, 0.15) is 18.5 Å². The second kappa shape index (κ2) is 6.98. The Bertz CT molecular complexity index is 700. The Morgan fingerprint density at radius 2 is 2.00 bits per heavy atom. The number of morpholine rings is 1. The molecule has 1 aliphatic rings. The normalized spacial score (nSPS) is 18.2. The number of ether oxygens (including phenoxy) is 3. The number of hydrogen-bond acceptors (Lipinski definition) is 4. The Morgan fingerprint density at radius 1 is 1.22 bits per heavy atom. The van der Waals surface area contributed by atoms with Gasteiger partial charge in [0.2, 0.25) is 5.91 Å². The van der Waals surface area contributed by atoms with Gasteiger partial charge in [-0.1, -0.05) is 18.2 Å². The highest BCUT2D eigenvalue weighted by Gasteiger charge is 2.25. The summed E-state index contributed by atoms with van der Waals surface area (Å²) in [5.74, 6) is 0.849. The first kappa shape index (κ1) is 15.8. The summed E-state index contributed by atoms with van der Waals surface area (Å²) in [7, 11) is 3.20. The van der Waals surface area contributed by atoms with Crippen molar-refractivity contribution < 1.29 is 19.0 Å². The molecule has 1 aliphatic heterocycles. The molecule has 0 spiro atoms. The lowest BCUT2D eigenvalue weighted by Crippen LogP contribution is -2.43. The van der Waals surface area contributed by atoms with Crippen molar-refractivity contribution in [3.63, 3.8) is 0 Å². The van der Waals surface area contributed by atoms with Gasteiger partial charge in [-0.15, -0.1) is 0 Å². The summed E-state index contributed by atoms with van der Waals surface area (Å²) in [6, 6.07) is 12.2. The van der Waals surface area contributed by atoms with E-state index >= 15 is 0 Å². The number of methoxy groups -OCH3 is 2. The van der Waals surface area contributed by atoms with Gasteiger partial charge in [0.25, 0.3) is 0 Å². The number of benzene rings is 2. The van der Waals surface area contributed by atoms with E-state index in [1.807, 2.05) is 18.2 Å². The third kappa shape index (κ3) is 3.46. The van der Waals surface area contributed by atoms with Gasteiger partial charge in [-0.05, 0) is 34.5 Å². The summed E-state index contributed by atoms with van der Waals surface area (Å²) in [4.78, 5) is 13.8. The first-order valence-electron chi connectivity index (χ1n) is 7.67. The third-order valence-electron chi connectivity index (χ3n) is 4.13. The molecular formula is C18H21NO4. The van der Waals surface area contributed by atoms with Crippen molar-refractivity contribution in [3.05, 3.63) is 42.0 Å². The summed E-state index contributed by atoms with van der Waals surface area (Å²) in [5, 5.41) is 2.25. The van der Waals surface area contributed by atoms with Gasteiger partial charge in [-0.2, -0.15) is 0 Å². The van der Waals surface area contributed by atoms with Gasteiger partial charge in [0.05, 0.1) is 20.3 Å². The van der Waals surface area contributed by atoms with Crippen LogP contribution in [0.25, 0.3) is 10.8 Å². The van der Waals surface area contributed by atoms with Gasteiger partial charge >= 0.3 is 0 Å². The van der Waals surface area contributed by atoms with Crippen LogP contribution >= 0.6 is 0 Å². The lowest BCUT2D eigenvalue weighted by molar-refractivity contribution is -0.142. The molecule has 5 heteroatoms. The number of carbonyl (C=O) groups excluding carboxylic acids is 1. The van der Waals surface area contributed by atoms with Gasteiger partial charge in [-0.3, -0.25) is 4.79 Å². The minimum atomic E-state index is -0.101. The molecule has 1 amide bonds. The van der Waals surface area contributed by atoms with Crippen LogP contribution in [0.1, 0.15) is 11.7 Å². The van der Waals surface area contributed by atoms with Crippen molar-refractivity contribution in [2.75, 3.05) is 40.5 Å². The summed E-state index contributed by atoms with van der Waals surface area (Å²) in [6.07, 6.45) is -0.101. The van der Waals surface area contributed by atoms with E-state index < -0.39 is 0 Å². The molecule has 1 fully saturated rings. The molecule has 0 aromatic heterocycles. The molecule has 2 aromatic carbocycles. The van der Waals surface area contributed by atoms with E-state index in [-0.39, 0.29) is 18.6 Å². The van der Waals surface area contributed by atoms with Gasteiger partial charge in [0.15, 0.2) is 0 Å². The number of fused-ring (bicyclic) bond motifs is 1. The number of rotatable bonds is 4. The van der Waals surface area contributed by atoms with Crippen LogP contribution < -0.4 is 4.74 Å². The lowest BCUT2D eigenvalue weighted by atomic mass is 10.0. The van der Waals surface area contributed by atoms with E-state index in [1.165, 1.54) is 7.11 Å². The average Bonchev–Trinajstić information content (AvgIpc) is 2.61. The predicted octanol–water partition coefficient (Wildman–Crippen LogP) is 2.39. The summed E-state index contributed by atoms with van der Waals surface area (Å²) in [5.41, 5.74) is 1.08. The molecule has 2 aromatic rings. The zero-order valence-corrected chi connectivity index (χ0v) is 13.5. The van der Waals surface area contributed by atoms with Crippen LogP contribution in [0.3, 0.4) is 0 Å². The average molecular weight is 315 g/mol. The first-order chi connectivity index (χ1) is 11.2. The molecule has 0 aliphatic carbocycles. The quantitative estimate of drug-likeness (QED) is 0.869. The van der Waals surface area contributed by atoms with Crippen molar-refractivity contribution in [1.82, 2.24) is 4.90 Å². The molecule has 1 atom stereocenters. The first-order valence-corrected chi connectivity index (χ1v) is 7.67. The van der Waals surface area contributed by atoms with Crippen LogP contribution in [-0.2, 0) is 14.3 Å². The van der Waals surface area contributed by atoms with Crippen LogP contribution in [0.15, 0.2) is 36.4 Å². The van der Waals surface area contributed by atoms with Crippen molar-refractivity contribution in [2.45, 2.75) is 6.10 Å². The molecule has 1 saturated heterocycles. The maximum Gasteiger partial charge on any atom is 0.248 e. The second-order valence-corrected chi connectivity index (χ2v) is 5.60. The molecule has 122 valence electrons. The van der Waals surface area contributed by atoms with Crippen molar-refractivity contribution in [2.24, 2.45) is 0 Å². The van der Waals surface area contributed by atoms with Crippen LogP contribution in [0.5, 0.6) is 5.75 Å². The Labute approximate surface area is 135 Å². The number of nitrogens with zero attached hydrogens (tertiary/aromatic N) is 1. The Hall–Kier alpha value is -2.11. The Morgan fingerprint density at radius 3 is 2.78 bits per heavy atom. The van der Waals surface area contributed by atoms with E-state index in [2.05, 4.69) is 18.2 Å². The largest absolute Gasteiger partial charge is 0.497 e. The molecule has 0 bridgehead atoms. The fraction of sp³-hybridized carbons (Fsp3) is 0.389. The van der Waals surface area contributed by atoms with Crippen LogP contribution in [0, 0.1) is 0 Å².